The van der Waals surface area contributed by atoms with Gasteiger partial charge in [-0.05, 0) is 23.8 Å². The van der Waals surface area contributed by atoms with Crippen molar-refractivity contribution in [1.29, 1.82) is 0 Å². The molecule has 94 valence electrons. The summed E-state index contributed by atoms with van der Waals surface area (Å²) in [6.07, 6.45) is 1.49. The zero-order chi connectivity index (χ0) is 13.0. The van der Waals surface area contributed by atoms with E-state index < -0.39 is 5.97 Å². The van der Waals surface area contributed by atoms with Crippen LogP contribution in [0.1, 0.15) is 16.1 Å². The van der Waals surface area contributed by atoms with Crippen molar-refractivity contribution in [3.05, 3.63) is 53.6 Å². The molecular formula is C12H12FN3O2. The maximum atomic E-state index is 12.7. The lowest BCUT2D eigenvalue weighted by molar-refractivity contribution is 0.0588. The van der Waals surface area contributed by atoms with Gasteiger partial charge in [0.05, 0.1) is 19.9 Å². The van der Waals surface area contributed by atoms with Gasteiger partial charge in [0.1, 0.15) is 5.82 Å². The van der Waals surface area contributed by atoms with Gasteiger partial charge in [0.2, 0.25) is 0 Å². The van der Waals surface area contributed by atoms with Crippen LogP contribution in [-0.4, -0.2) is 23.0 Å². The quantitative estimate of drug-likeness (QED) is 0.835. The Morgan fingerprint density at radius 3 is 2.78 bits per heavy atom. The van der Waals surface area contributed by atoms with Crippen molar-refractivity contribution in [3.63, 3.8) is 0 Å². The molecule has 1 heterocycles. The van der Waals surface area contributed by atoms with Crippen molar-refractivity contribution in [2.75, 3.05) is 12.5 Å². The van der Waals surface area contributed by atoms with Crippen LogP contribution in [-0.2, 0) is 11.3 Å². The highest BCUT2D eigenvalue weighted by Crippen LogP contribution is 2.04. The number of esters is 1. The van der Waals surface area contributed by atoms with Crippen molar-refractivity contribution in [2.45, 2.75) is 6.54 Å². The molecular weight excluding hydrogens is 237 g/mol. The van der Waals surface area contributed by atoms with Crippen LogP contribution in [0.2, 0.25) is 0 Å². The van der Waals surface area contributed by atoms with Crippen LogP contribution in [0, 0.1) is 5.82 Å². The fourth-order valence-corrected chi connectivity index (χ4v) is 1.46. The number of nitrogens with zero attached hydrogens (tertiary/aromatic N) is 2. The first-order chi connectivity index (χ1) is 8.70. The maximum absolute atomic E-state index is 12.7. The molecule has 0 saturated carbocycles. The van der Waals surface area contributed by atoms with Crippen molar-refractivity contribution in [2.24, 2.45) is 0 Å². The summed E-state index contributed by atoms with van der Waals surface area (Å²) >= 11 is 0. The summed E-state index contributed by atoms with van der Waals surface area (Å²) in [6.45, 7) is 0.423. The van der Waals surface area contributed by atoms with Crippen LogP contribution >= 0.6 is 0 Å². The molecule has 18 heavy (non-hydrogen) atoms. The molecule has 0 spiro atoms. The maximum Gasteiger partial charge on any atom is 0.358 e. The lowest BCUT2D eigenvalue weighted by atomic mass is 10.2. The van der Waals surface area contributed by atoms with Gasteiger partial charge in [-0.15, -0.1) is 0 Å². The summed E-state index contributed by atoms with van der Waals surface area (Å²) in [5.41, 5.74) is 4.11. The lowest BCUT2D eigenvalue weighted by Gasteiger charge is -2.09. The van der Waals surface area contributed by atoms with Gasteiger partial charge in [-0.25, -0.2) is 9.18 Å². The zero-order valence-electron chi connectivity index (χ0n) is 9.76. The number of hydrogen-bond acceptors (Lipinski definition) is 4. The van der Waals surface area contributed by atoms with Crippen molar-refractivity contribution in [1.82, 2.24) is 9.89 Å². The van der Waals surface area contributed by atoms with Crippen LogP contribution in [0.15, 0.2) is 36.5 Å². The molecule has 0 fully saturated rings. The summed E-state index contributed by atoms with van der Waals surface area (Å²) in [6, 6.07) is 7.61. The number of benzene rings is 1. The third-order valence-electron chi connectivity index (χ3n) is 2.38. The molecule has 2 rings (SSSR count). The second kappa shape index (κ2) is 5.31. The van der Waals surface area contributed by atoms with Crippen molar-refractivity contribution < 1.29 is 13.9 Å². The molecule has 0 aliphatic rings. The predicted molar refractivity (Wildman–Crippen MR) is 63.0 cm³/mol. The molecule has 0 atom stereocenters. The van der Waals surface area contributed by atoms with Crippen molar-refractivity contribution in [3.8, 4) is 0 Å². The largest absolute Gasteiger partial charge is 0.464 e. The van der Waals surface area contributed by atoms with E-state index in [9.17, 15) is 9.18 Å². The first kappa shape index (κ1) is 12.1. The standard InChI is InChI=1S/C12H12FN3O2/c1-18-12(17)11-6-7-14-16(11)15-8-9-2-4-10(13)5-3-9/h2-7,15H,8H2,1H3. The number of ether oxygens (including phenoxy) is 1. The molecule has 1 N–H and O–H groups in total. The van der Waals surface area contributed by atoms with E-state index in [1.165, 1.54) is 30.2 Å². The van der Waals surface area contributed by atoms with E-state index in [0.29, 0.717) is 12.2 Å². The van der Waals surface area contributed by atoms with Crippen LogP contribution in [0.3, 0.4) is 0 Å². The number of rotatable bonds is 4. The molecule has 2 aromatic rings. The molecule has 1 aromatic heterocycles. The fraction of sp³-hybridized carbons (Fsp3) is 0.167. The van der Waals surface area contributed by atoms with E-state index in [-0.39, 0.29) is 5.82 Å². The van der Waals surface area contributed by atoms with E-state index in [2.05, 4.69) is 15.3 Å². The molecule has 0 amide bonds. The van der Waals surface area contributed by atoms with Crippen LogP contribution in [0.5, 0.6) is 0 Å². The predicted octanol–water partition coefficient (Wildman–Crippen LogP) is 1.55. The minimum atomic E-state index is -0.473. The number of aromatic nitrogens is 2. The van der Waals surface area contributed by atoms with Crippen LogP contribution in [0.25, 0.3) is 0 Å². The Hall–Kier alpha value is -2.37. The second-order valence-corrected chi connectivity index (χ2v) is 3.58. The van der Waals surface area contributed by atoms with Crippen LogP contribution in [0.4, 0.5) is 4.39 Å². The highest BCUT2D eigenvalue weighted by atomic mass is 19.1. The minimum Gasteiger partial charge on any atom is -0.464 e. The topological polar surface area (TPSA) is 56.1 Å². The lowest BCUT2D eigenvalue weighted by Crippen LogP contribution is -2.21. The Bertz CT molecular complexity index is 537. The molecule has 0 saturated heterocycles. The van der Waals surface area contributed by atoms with E-state index >= 15 is 0 Å². The van der Waals surface area contributed by atoms with Crippen LogP contribution < -0.4 is 5.43 Å². The molecule has 6 heteroatoms. The highest BCUT2D eigenvalue weighted by molar-refractivity contribution is 5.87. The van der Waals surface area contributed by atoms with Gasteiger partial charge in [0.25, 0.3) is 0 Å². The van der Waals surface area contributed by atoms with Gasteiger partial charge in [0, 0.05) is 0 Å². The summed E-state index contributed by atoms with van der Waals surface area (Å²) in [5.74, 6) is -0.757. The average Bonchev–Trinajstić information content (AvgIpc) is 2.85. The number of nitrogens with one attached hydrogen (secondary N) is 1. The summed E-state index contributed by atoms with van der Waals surface area (Å²) in [7, 11) is 1.31. The Labute approximate surface area is 103 Å². The number of hydrogen-bond donors (Lipinski definition) is 1. The first-order valence-corrected chi connectivity index (χ1v) is 5.31. The molecule has 5 nitrogen and oxygen atoms in total. The fourth-order valence-electron chi connectivity index (χ4n) is 1.46. The Kier molecular flexibility index (Phi) is 3.57. The molecule has 1 aromatic carbocycles. The number of carbonyl (C=O) groups is 1. The van der Waals surface area contributed by atoms with Gasteiger partial charge in [-0.3, -0.25) is 0 Å². The third kappa shape index (κ3) is 2.65. The van der Waals surface area contributed by atoms with Gasteiger partial charge >= 0.3 is 5.97 Å². The van der Waals surface area contributed by atoms with E-state index in [0.717, 1.165) is 5.56 Å². The second-order valence-electron chi connectivity index (χ2n) is 3.58. The Morgan fingerprint density at radius 1 is 1.39 bits per heavy atom. The molecule has 0 aliphatic heterocycles. The van der Waals surface area contributed by atoms with Gasteiger partial charge in [-0.2, -0.15) is 9.89 Å². The smallest absolute Gasteiger partial charge is 0.358 e. The van der Waals surface area contributed by atoms with Crippen molar-refractivity contribution >= 4 is 5.97 Å². The Balaban J connectivity index is 2.04. The minimum absolute atomic E-state index is 0.284. The number of carbonyl (C=O) groups excluding carboxylic acids is 1. The molecule has 0 aliphatic carbocycles. The van der Waals surface area contributed by atoms with Gasteiger partial charge in [-0.1, -0.05) is 12.1 Å². The highest BCUT2D eigenvalue weighted by Gasteiger charge is 2.11. The summed E-state index contributed by atoms with van der Waals surface area (Å²) < 4.78 is 17.3. The third-order valence-corrected chi connectivity index (χ3v) is 2.38. The average molecular weight is 249 g/mol. The normalized spacial score (nSPS) is 10.1. The molecule has 0 radical (unpaired) electrons. The number of methoxy groups -OCH3 is 1. The summed E-state index contributed by atoms with van der Waals surface area (Å²) in [5, 5.41) is 3.95. The van der Waals surface area contributed by atoms with E-state index in [1.54, 1.807) is 18.2 Å². The Morgan fingerprint density at radius 2 is 2.11 bits per heavy atom. The monoisotopic (exact) mass is 249 g/mol. The van der Waals surface area contributed by atoms with Gasteiger partial charge < -0.3 is 10.2 Å². The van der Waals surface area contributed by atoms with E-state index in [4.69, 9.17) is 0 Å². The number of halogens is 1. The molecule has 0 bridgehead atoms. The van der Waals surface area contributed by atoms with E-state index in [1.807, 2.05) is 0 Å². The summed E-state index contributed by atoms with van der Waals surface area (Å²) in [4.78, 5) is 12.7. The molecule has 0 unspecified atom stereocenters. The first-order valence-electron chi connectivity index (χ1n) is 5.31. The SMILES string of the molecule is COC(=O)c1ccnn1NCc1ccc(F)cc1. The zero-order valence-corrected chi connectivity index (χ0v) is 9.76. The van der Waals surface area contributed by atoms with Gasteiger partial charge in [0.15, 0.2) is 5.69 Å².